The quantitative estimate of drug-likeness (QED) is 0.523. The molecule has 1 amide bonds. The first-order chi connectivity index (χ1) is 10.8. The summed E-state index contributed by atoms with van der Waals surface area (Å²) in [6.45, 7) is 1.93. The summed E-state index contributed by atoms with van der Waals surface area (Å²) in [6.07, 6.45) is -1.14. The monoisotopic (exact) mass is 435 g/mol. The molecule has 0 aliphatic carbocycles. The predicted octanol–water partition coefficient (Wildman–Crippen LogP) is 5.26. The number of benzene rings is 2. The van der Waals surface area contributed by atoms with Crippen LogP contribution in [0.15, 0.2) is 53.0 Å². The Balaban J connectivity index is 2.14. The third kappa shape index (κ3) is 5.57. The van der Waals surface area contributed by atoms with E-state index in [0.717, 1.165) is 10.0 Å². The van der Waals surface area contributed by atoms with Crippen molar-refractivity contribution in [3.8, 4) is 5.75 Å². The van der Waals surface area contributed by atoms with Crippen LogP contribution in [0.5, 0.6) is 5.75 Å². The van der Waals surface area contributed by atoms with Gasteiger partial charge in [-0.15, -0.1) is 0 Å². The van der Waals surface area contributed by atoms with E-state index in [1.807, 2.05) is 19.1 Å². The molecule has 0 heterocycles. The maximum Gasteiger partial charge on any atom is 0.254 e. The molecule has 2 aromatic rings. The van der Waals surface area contributed by atoms with E-state index in [1.54, 1.807) is 36.4 Å². The smallest absolute Gasteiger partial charge is 0.254 e. The molecule has 1 atom stereocenters. The highest BCUT2D eigenvalue weighted by molar-refractivity contribution is 9.10. The van der Waals surface area contributed by atoms with E-state index in [2.05, 4.69) is 21.2 Å². The number of hydrogen-bond donors (Lipinski definition) is 1. The second-order valence-corrected chi connectivity index (χ2v) is 8.12. The molecule has 122 valence electrons. The maximum atomic E-state index is 12.3. The van der Waals surface area contributed by atoms with Crippen LogP contribution in [-0.4, -0.2) is 15.9 Å². The number of halogens is 4. The topological polar surface area (TPSA) is 38.3 Å². The number of hydrogen-bond acceptors (Lipinski definition) is 2. The van der Waals surface area contributed by atoms with Gasteiger partial charge in [0.25, 0.3) is 5.91 Å². The van der Waals surface area contributed by atoms with E-state index in [4.69, 9.17) is 39.5 Å². The molecule has 23 heavy (non-hydrogen) atoms. The van der Waals surface area contributed by atoms with E-state index >= 15 is 0 Å². The number of carbonyl (C=O) groups is 1. The van der Waals surface area contributed by atoms with E-state index in [0.29, 0.717) is 11.3 Å². The SMILES string of the molecule is Cc1ccc(C(=O)NC(Oc2ccc(Br)cc2)C(Cl)(Cl)Cl)cc1. The van der Waals surface area contributed by atoms with Crippen molar-refractivity contribution < 1.29 is 9.53 Å². The van der Waals surface area contributed by atoms with Gasteiger partial charge in [-0.3, -0.25) is 4.79 Å². The molecule has 0 fully saturated rings. The molecule has 0 aromatic heterocycles. The third-order valence-corrected chi connectivity index (χ3v) is 4.06. The molecule has 7 heteroatoms. The molecule has 0 spiro atoms. The molecule has 0 bridgehead atoms. The first-order valence-electron chi connectivity index (χ1n) is 6.62. The molecule has 1 unspecified atom stereocenters. The Labute approximate surface area is 158 Å². The van der Waals surface area contributed by atoms with Gasteiger partial charge in [0.2, 0.25) is 10.0 Å². The van der Waals surface area contributed by atoms with Crippen molar-refractivity contribution >= 4 is 56.6 Å². The van der Waals surface area contributed by atoms with E-state index < -0.39 is 15.9 Å². The van der Waals surface area contributed by atoms with Gasteiger partial charge in [0, 0.05) is 10.0 Å². The molecular weight excluding hydrogens is 424 g/mol. The predicted molar refractivity (Wildman–Crippen MR) is 97.5 cm³/mol. The van der Waals surface area contributed by atoms with Crippen molar-refractivity contribution in [2.75, 3.05) is 0 Å². The van der Waals surface area contributed by atoms with Crippen molar-refractivity contribution in [1.29, 1.82) is 0 Å². The third-order valence-electron chi connectivity index (χ3n) is 2.94. The fraction of sp³-hybridized carbons (Fsp3) is 0.188. The van der Waals surface area contributed by atoms with Gasteiger partial charge in [0.05, 0.1) is 0 Å². The zero-order chi connectivity index (χ0) is 17.0. The zero-order valence-electron chi connectivity index (χ0n) is 12.0. The summed E-state index contributed by atoms with van der Waals surface area (Å²) in [7, 11) is 0. The minimum Gasteiger partial charge on any atom is -0.466 e. The number of rotatable bonds is 4. The summed E-state index contributed by atoms with van der Waals surface area (Å²) in [5.41, 5.74) is 1.50. The van der Waals surface area contributed by atoms with Gasteiger partial charge in [-0.25, -0.2) is 0 Å². The lowest BCUT2D eigenvalue weighted by Crippen LogP contribution is -2.47. The Bertz CT molecular complexity index is 669. The summed E-state index contributed by atoms with van der Waals surface area (Å²) < 4.78 is 4.66. The molecule has 0 saturated carbocycles. The number of ether oxygens (including phenoxy) is 1. The summed E-state index contributed by atoms with van der Waals surface area (Å²) in [5, 5.41) is 2.59. The summed E-state index contributed by atoms with van der Waals surface area (Å²) in [5.74, 6) is 0.0761. The van der Waals surface area contributed by atoms with Gasteiger partial charge in [0.1, 0.15) is 5.75 Å². The van der Waals surface area contributed by atoms with Crippen LogP contribution in [0.4, 0.5) is 0 Å². The summed E-state index contributed by atoms with van der Waals surface area (Å²) in [6, 6.07) is 14.0. The first-order valence-corrected chi connectivity index (χ1v) is 8.55. The van der Waals surface area contributed by atoms with Crippen LogP contribution in [0, 0.1) is 6.92 Å². The van der Waals surface area contributed by atoms with E-state index in [1.165, 1.54) is 0 Å². The number of carbonyl (C=O) groups excluding carboxylic acids is 1. The second-order valence-electron chi connectivity index (χ2n) is 4.83. The van der Waals surface area contributed by atoms with Crippen molar-refractivity contribution in [2.24, 2.45) is 0 Å². The minimum absolute atomic E-state index is 0.390. The summed E-state index contributed by atoms with van der Waals surface area (Å²) >= 11 is 21.1. The first kappa shape index (κ1) is 18.4. The van der Waals surface area contributed by atoms with Crippen LogP contribution >= 0.6 is 50.7 Å². The molecule has 0 aliphatic heterocycles. The van der Waals surface area contributed by atoms with Crippen molar-refractivity contribution in [1.82, 2.24) is 5.32 Å². The number of alkyl halides is 3. The normalized spacial score (nSPS) is 12.6. The fourth-order valence-corrected chi connectivity index (χ4v) is 2.30. The molecule has 1 N–H and O–H groups in total. The second kappa shape index (κ2) is 7.75. The lowest BCUT2D eigenvalue weighted by Gasteiger charge is -2.26. The highest BCUT2D eigenvalue weighted by Gasteiger charge is 2.36. The summed E-state index contributed by atoms with van der Waals surface area (Å²) in [4.78, 5) is 12.3. The van der Waals surface area contributed by atoms with Gasteiger partial charge >= 0.3 is 0 Å². The Kier molecular flexibility index (Phi) is 6.20. The average Bonchev–Trinajstić information content (AvgIpc) is 2.48. The van der Waals surface area contributed by atoms with E-state index in [-0.39, 0.29) is 0 Å². The van der Waals surface area contributed by atoms with Gasteiger partial charge in [0.15, 0.2) is 0 Å². The zero-order valence-corrected chi connectivity index (χ0v) is 15.9. The van der Waals surface area contributed by atoms with Gasteiger partial charge in [-0.1, -0.05) is 68.4 Å². The minimum atomic E-state index is -1.83. The van der Waals surface area contributed by atoms with Gasteiger partial charge in [-0.05, 0) is 43.3 Å². The molecule has 3 nitrogen and oxygen atoms in total. The van der Waals surface area contributed by atoms with Gasteiger partial charge in [-0.2, -0.15) is 0 Å². The molecular formula is C16H13BrCl3NO2. The highest BCUT2D eigenvalue weighted by atomic mass is 79.9. The molecule has 0 aliphatic rings. The molecule has 0 radical (unpaired) electrons. The maximum absolute atomic E-state index is 12.3. The molecule has 2 rings (SSSR count). The van der Waals surface area contributed by atoms with Crippen molar-refractivity contribution in [3.05, 3.63) is 64.1 Å². The van der Waals surface area contributed by atoms with Crippen molar-refractivity contribution in [2.45, 2.75) is 16.9 Å². The van der Waals surface area contributed by atoms with Crippen molar-refractivity contribution in [3.63, 3.8) is 0 Å². The average molecular weight is 438 g/mol. The Hall–Kier alpha value is -0.940. The Morgan fingerprint density at radius 1 is 1.09 bits per heavy atom. The van der Waals surface area contributed by atoms with Crippen LogP contribution in [0.1, 0.15) is 15.9 Å². The van der Waals surface area contributed by atoms with Gasteiger partial charge < -0.3 is 10.1 Å². The standard InChI is InChI=1S/C16H13BrCl3NO2/c1-10-2-4-11(5-3-10)14(22)21-15(16(18,19)20)23-13-8-6-12(17)7-9-13/h2-9,15H,1H3,(H,21,22). The lowest BCUT2D eigenvalue weighted by molar-refractivity contribution is 0.0833. The number of amides is 1. The van der Waals surface area contributed by atoms with Crippen LogP contribution in [0.3, 0.4) is 0 Å². The van der Waals surface area contributed by atoms with E-state index in [9.17, 15) is 4.79 Å². The number of nitrogens with one attached hydrogen (secondary N) is 1. The van der Waals surface area contributed by atoms with Crippen LogP contribution in [-0.2, 0) is 0 Å². The molecule has 2 aromatic carbocycles. The lowest BCUT2D eigenvalue weighted by atomic mass is 10.1. The number of aryl methyl sites for hydroxylation is 1. The Morgan fingerprint density at radius 3 is 2.17 bits per heavy atom. The van der Waals surface area contributed by atoms with Crippen LogP contribution < -0.4 is 10.1 Å². The molecule has 0 saturated heterocycles. The largest absolute Gasteiger partial charge is 0.466 e. The highest BCUT2D eigenvalue weighted by Crippen LogP contribution is 2.32. The Morgan fingerprint density at radius 2 is 1.65 bits per heavy atom. The van der Waals surface area contributed by atoms with Crippen LogP contribution in [0.2, 0.25) is 0 Å². The fourth-order valence-electron chi connectivity index (χ4n) is 1.73. The van der Waals surface area contributed by atoms with Crippen LogP contribution in [0.25, 0.3) is 0 Å².